The van der Waals surface area contributed by atoms with Gasteiger partial charge in [0, 0.05) is 12.7 Å². The van der Waals surface area contributed by atoms with Crippen LogP contribution in [0.1, 0.15) is 5.56 Å². The van der Waals surface area contributed by atoms with Gasteiger partial charge in [-0.2, -0.15) is 0 Å². The van der Waals surface area contributed by atoms with Crippen LogP contribution in [0.3, 0.4) is 0 Å². The topological polar surface area (TPSA) is 40.2 Å². The van der Waals surface area contributed by atoms with Crippen molar-refractivity contribution in [1.82, 2.24) is 4.57 Å². The molecule has 0 aliphatic rings. The van der Waals surface area contributed by atoms with Crippen molar-refractivity contribution in [3.05, 3.63) is 66.4 Å². The highest BCUT2D eigenvalue weighted by Gasteiger charge is 2.05. The number of nitrogens with zero attached hydrogens (tertiary/aromatic N) is 1. The lowest BCUT2D eigenvalue weighted by Gasteiger charge is -2.10. The van der Waals surface area contributed by atoms with Crippen molar-refractivity contribution >= 4 is 10.9 Å². The number of fused-ring (bicyclic) bond motifs is 1. The van der Waals surface area contributed by atoms with Gasteiger partial charge in [-0.3, -0.25) is 0 Å². The van der Waals surface area contributed by atoms with Crippen LogP contribution in [0, 0.1) is 0 Å². The maximum absolute atomic E-state index is 5.82. The molecule has 0 saturated heterocycles. The van der Waals surface area contributed by atoms with Crippen LogP contribution in [-0.2, 0) is 13.1 Å². The van der Waals surface area contributed by atoms with E-state index in [1.54, 1.807) is 0 Å². The Hall–Kier alpha value is -2.26. The van der Waals surface area contributed by atoms with Crippen molar-refractivity contribution < 1.29 is 4.74 Å². The van der Waals surface area contributed by atoms with Crippen LogP contribution in [0.5, 0.6) is 5.75 Å². The Kier molecular flexibility index (Phi) is 3.70. The van der Waals surface area contributed by atoms with Gasteiger partial charge < -0.3 is 15.0 Å². The Morgan fingerprint density at radius 3 is 2.60 bits per heavy atom. The number of rotatable bonds is 5. The van der Waals surface area contributed by atoms with Gasteiger partial charge in [-0.05, 0) is 29.1 Å². The molecule has 3 rings (SSSR count). The van der Waals surface area contributed by atoms with Gasteiger partial charge in [0.2, 0.25) is 0 Å². The zero-order valence-electron chi connectivity index (χ0n) is 11.3. The summed E-state index contributed by atoms with van der Waals surface area (Å²) in [5, 5.41) is 1.23. The molecule has 20 heavy (non-hydrogen) atoms. The van der Waals surface area contributed by atoms with Gasteiger partial charge >= 0.3 is 0 Å². The highest BCUT2D eigenvalue weighted by Crippen LogP contribution is 2.20. The van der Waals surface area contributed by atoms with E-state index in [4.69, 9.17) is 10.5 Å². The smallest absolute Gasteiger partial charge is 0.119 e. The molecule has 0 spiro atoms. The second-order valence-corrected chi connectivity index (χ2v) is 4.73. The first kappa shape index (κ1) is 12.8. The van der Waals surface area contributed by atoms with E-state index in [0.717, 1.165) is 12.3 Å². The van der Waals surface area contributed by atoms with E-state index in [1.807, 2.05) is 30.3 Å². The summed E-state index contributed by atoms with van der Waals surface area (Å²) >= 11 is 0. The van der Waals surface area contributed by atoms with Crippen molar-refractivity contribution in [3.8, 4) is 5.75 Å². The van der Waals surface area contributed by atoms with Gasteiger partial charge in [0.05, 0.1) is 12.1 Å². The predicted octanol–water partition coefficient (Wildman–Crippen LogP) is 3.18. The third kappa shape index (κ3) is 2.53. The van der Waals surface area contributed by atoms with Crippen LogP contribution >= 0.6 is 0 Å². The molecule has 2 N–H and O–H groups in total. The lowest BCUT2D eigenvalue weighted by atomic mass is 10.1. The van der Waals surface area contributed by atoms with Gasteiger partial charge in [-0.15, -0.1) is 0 Å². The van der Waals surface area contributed by atoms with E-state index in [9.17, 15) is 0 Å². The first-order valence-electron chi connectivity index (χ1n) is 6.83. The monoisotopic (exact) mass is 266 g/mol. The molecule has 3 heteroatoms. The van der Waals surface area contributed by atoms with E-state index >= 15 is 0 Å². The van der Waals surface area contributed by atoms with Gasteiger partial charge in [0.25, 0.3) is 0 Å². The molecule has 0 aliphatic heterocycles. The minimum atomic E-state index is 0.556. The molecule has 0 saturated carbocycles. The van der Waals surface area contributed by atoms with Crippen molar-refractivity contribution in [2.24, 2.45) is 5.73 Å². The average molecular weight is 266 g/mol. The number of hydrogen-bond donors (Lipinski definition) is 1. The molecule has 0 bridgehead atoms. The van der Waals surface area contributed by atoms with Crippen LogP contribution in [-0.4, -0.2) is 11.2 Å². The molecule has 0 aliphatic carbocycles. The molecule has 102 valence electrons. The molecule has 0 amide bonds. The van der Waals surface area contributed by atoms with Crippen molar-refractivity contribution in [2.45, 2.75) is 13.1 Å². The van der Waals surface area contributed by atoms with Crippen LogP contribution in [0.2, 0.25) is 0 Å². The molecule has 1 heterocycles. The van der Waals surface area contributed by atoms with Gasteiger partial charge in [0.15, 0.2) is 0 Å². The molecule has 3 nitrogen and oxygen atoms in total. The fourth-order valence-corrected chi connectivity index (χ4v) is 2.47. The molecular weight excluding hydrogens is 248 g/mol. The van der Waals surface area contributed by atoms with E-state index in [1.165, 1.54) is 16.5 Å². The molecule has 1 aromatic heterocycles. The highest BCUT2D eigenvalue weighted by molar-refractivity contribution is 5.83. The Morgan fingerprint density at radius 2 is 1.80 bits per heavy atom. The lowest BCUT2D eigenvalue weighted by molar-refractivity contribution is 0.300. The number of hydrogen-bond acceptors (Lipinski definition) is 2. The Bertz CT molecular complexity index is 689. The third-order valence-electron chi connectivity index (χ3n) is 3.44. The maximum atomic E-state index is 5.82. The van der Waals surface area contributed by atoms with Crippen LogP contribution in [0.25, 0.3) is 10.9 Å². The molecular formula is C17H18N2O. The first-order chi connectivity index (χ1) is 9.88. The average Bonchev–Trinajstić information content (AvgIpc) is 2.92. The maximum Gasteiger partial charge on any atom is 0.119 e. The number of ether oxygens (including phenoxy) is 1. The standard InChI is InChI=1S/C17H18N2O/c18-13-15-6-4-5-14-9-10-19(17(14)15)11-12-20-16-7-2-1-3-8-16/h1-10H,11-13,18H2. The number of benzene rings is 2. The second kappa shape index (κ2) is 5.80. The fourth-order valence-electron chi connectivity index (χ4n) is 2.47. The van der Waals surface area contributed by atoms with Crippen LogP contribution < -0.4 is 10.5 Å². The normalized spacial score (nSPS) is 10.8. The summed E-state index contributed by atoms with van der Waals surface area (Å²) in [6, 6.07) is 18.3. The van der Waals surface area contributed by atoms with Crippen molar-refractivity contribution in [1.29, 1.82) is 0 Å². The highest BCUT2D eigenvalue weighted by atomic mass is 16.5. The van der Waals surface area contributed by atoms with E-state index in [2.05, 4.69) is 35.0 Å². The fraction of sp³-hybridized carbons (Fsp3) is 0.176. The largest absolute Gasteiger partial charge is 0.492 e. The summed E-state index contributed by atoms with van der Waals surface area (Å²) in [5.41, 5.74) is 8.21. The third-order valence-corrected chi connectivity index (χ3v) is 3.44. The summed E-state index contributed by atoms with van der Waals surface area (Å²) in [6.07, 6.45) is 2.10. The number of nitrogens with two attached hydrogens (primary N) is 1. The summed E-state index contributed by atoms with van der Waals surface area (Å²) in [6.45, 7) is 2.02. The summed E-state index contributed by atoms with van der Waals surface area (Å²) in [4.78, 5) is 0. The minimum Gasteiger partial charge on any atom is -0.492 e. The minimum absolute atomic E-state index is 0.556. The second-order valence-electron chi connectivity index (χ2n) is 4.73. The van der Waals surface area contributed by atoms with E-state index in [-0.39, 0.29) is 0 Å². The van der Waals surface area contributed by atoms with Crippen LogP contribution in [0.15, 0.2) is 60.8 Å². The first-order valence-corrected chi connectivity index (χ1v) is 6.83. The number of aromatic nitrogens is 1. The van der Waals surface area contributed by atoms with Crippen LogP contribution in [0.4, 0.5) is 0 Å². The molecule has 0 fully saturated rings. The van der Waals surface area contributed by atoms with Gasteiger partial charge in [-0.1, -0.05) is 36.4 Å². The summed E-state index contributed by atoms with van der Waals surface area (Å²) < 4.78 is 7.96. The molecule has 0 radical (unpaired) electrons. The summed E-state index contributed by atoms with van der Waals surface area (Å²) in [7, 11) is 0. The Balaban J connectivity index is 1.75. The lowest BCUT2D eigenvalue weighted by Crippen LogP contribution is -2.09. The van der Waals surface area contributed by atoms with Gasteiger partial charge in [0.1, 0.15) is 12.4 Å². The SMILES string of the molecule is NCc1cccc2ccn(CCOc3ccccc3)c12. The molecule has 2 aromatic carbocycles. The van der Waals surface area contributed by atoms with E-state index in [0.29, 0.717) is 13.2 Å². The zero-order valence-corrected chi connectivity index (χ0v) is 11.3. The van der Waals surface area contributed by atoms with Gasteiger partial charge in [-0.25, -0.2) is 0 Å². The zero-order chi connectivity index (χ0) is 13.8. The van der Waals surface area contributed by atoms with Crippen molar-refractivity contribution in [2.75, 3.05) is 6.61 Å². The summed E-state index contributed by atoms with van der Waals surface area (Å²) in [5.74, 6) is 0.906. The Morgan fingerprint density at radius 1 is 0.950 bits per heavy atom. The Labute approximate surface area is 118 Å². The molecule has 3 aromatic rings. The van der Waals surface area contributed by atoms with E-state index < -0.39 is 0 Å². The van der Waals surface area contributed by atoms with Crippen molar-refractivity contribution in [3.63, 3.8) is 0 Å². The predicted molar refractivity (Wildman–Crippen MR) is 81.8 cm³/mol. The molecule has 0 atom stereocenters. The quantitative estimate of drug-likeness (QED) is 0.770. The number of para-hydroxylation sites is 2. The molecule has 0 unspecified atom stereocenters.